The van der Waals surface area contributed by atoms with E-state index >= 15 is 0 Å². The summed E-state index contributed by atoms with van der Waals surface area (Å²) in [6.07, 6.45) is 3.97. The summed E-state index contributed by atoms with van der Waals surface area (Å²) in [6.45, 7) is 6.74. The van der Waals surface area contributed by atoms with Crippen molar-refractivity contribution in [3.63, 3.8) is 0 Å². The molecule has 1 saturated heterocycles. The molecule has 90 valence electrons. The van der Waals surface area contributed by atoms with Gasteiger partial charge in [-0.15, -0.1) is 0 Å². The van der Waals surface area contributed by atoms with Gasteiger partial charge in [-0.05, 0) is 39.5 Å². The van der Waals surface area contributed by atoms with Gasteiger partial charge in [0.1, 0.15) is 0 Å². The van der Waals surface area contributed by atoms with E-state index < -0.39 is 11.0 Å². The number of β-amino-alcohol motifs (C(OH)–C–C–N with tert-alkyl or cyclic N) is 1. The largest absolute Gasteiger partial charge is 0.387 e. The topological polar surface area (TPSA) is 47.3 Å². The minimum absolute atomic E-state index is 0.414. The smallest absolute Gasteiger partial charge is 0.0971 e. The fraction of sp³-hybridized carbons (Fsp3) is 0.923. The highest BCUT2D eigenvalue weighted by Gasteiger charge is 2.54. The molecule has 0 spiro atoms. The molecule has 0 aromatic heterocycles. The lowest BCUT2D eigenvalue weighted by Gasteiger charge is -2.36. The molecular formula is C13H22N2O. The van der Waals surface area contributed by atoms with E-state index in [1.54, 1.807) is 0 Å². The first-order valence-corrected chi connectivity index (χ1v) is 6.35. The molecule has 1 saturated carbocycles. The van der Waals surface area contributed by atoms with Crippen molar-refractivity contribution in [2.24, 2.45) is 5.41 Å². The van der Waals surface area contributed by atoms with Gasteiger partial charge in [0.25, 0.3) is 0 Å². The summed E-state index contributed by atoms with van der Waals surface area (Å²) in [5.41, 5.74) is -1.43. The third-order valence-corrected chi connectivity index (χ3v) is 4.64. The second-order valence-corrected chi connectivity index (χ2v) is 5.79. The summed E-state index contributed by atoms with van der Waals surface area (Å²) in [6, 6.07) is 3.42. The van der Waals surface area contributed by atoms with Crippen molar-refractivity contribution in [3.05, 3.63) is 0 Å². The Morgan fingerprint density at radius 2 is 2.19 bits per heavy atom. The van der Waals surface area contributed by atoms with Gasteiger partial charge in [0, 0.05) is 18.6 Å². The molecule has 1 N–H and O–H groups in total. The number of hydrogen-bond acceptors (Lipinski definition) is 3. The first-order valence-electron chi connectivity index (χ1n) is 6.35. The predicted octanol–water partition coefficient (Wildman–Crippen LogP) is 1.91. The Morgan fingerprint density at radius 3 is 2.62 bits per heavy atom. The van der Waals surface area contributed by atoms with Crippen molar-refractivity contribution in [2.45, 2.75) is 64.1 Å². The Balaban J connectivity index is 2.18. The van der Waals surface area contributed by atoms with Gasteiger partial charge in [0.05, 0.1) is 17.1 Å². The van der Waals surface area contributed by atoms with Gasteiger partial charge < -0.3 is 5.11 Å². The number of nitrogens with zero attached hydrogens (tertiary/aromatic N) is 2. The summed E-state index contributed by atoms with van der Waals surface area (Å²) < 4.78 is 0. The molecule has 3 nitrogen and oxygen atoms in total. The van der Waals surface area contributed by atoms with Gasteiger partial charge in [0.2, 0.25) is 0 Å². The summed E-state index contributed by atoms with van der Waals surface area (Å²) in [7, 11) is 0. The maximum absolute atomic E-state index is 10.8. The van der Waals surface area contributed by atoms with Crippen molar-refractivity contribution in [1.82, 2.24) is 4.90 Å². The first kappa shape index (κ1) is 11.9. The van der Waals surface area contributed by atoms with Crippen LogP contribution in [0.1, 0.15) is 46.5 Å². The van der Waals surface area contributed by atoms with Crippen LogP contribution in [0, 0.1) is 16.7 Å². The van der Waals surface area contributed by atoms with Crippen LogP contribution in [0.25, 0.3) is 0 Å². The molecule has 3 unspecified atom stereocenters. The average molecular weight is 222 g/mol. The quantitative estimate of drug-likeness (QED) is 0.793. The minimum Gasteiger partial charge on any atom is -0.387 e. The second-order valence-electron chi connectivity index (χ2n) is 5.79. The summed E-state index contributed by atoms with van der Waals surface area (Å²) in [5, 5.41) is 20.1. The maximum Gasteiger partial charge on any atom is 0.0971 e. The number of aliphatic hydroxyl groups is 1. The number of likely N-dealkylation sites (tertiary alicyclic amines) is 1. The Morgan fingerprint density at radius 1 is 1.56 bits per heavy atom. The lowest BCUT2D eigenvalue weighted by Crippen LogP contribution is -2.47. The molecule has 3 atom stereocenters. The standard InChI is InChI=1S/C13H22N2O/c1-4-12(3,8-14)13(16)7-10(2)15(9-13)11-5-6-11/h10-11,16H,4-7,9H2,1-3H3. The number of hydrogen-bond donors (Lipinski definition) is 1. The van der Waals surface area contributed by atoms with Crippen LogP contribution in [-0.4, -0.2) is 34.2 Å². The van der Waals surface area contributed by atoms with Crippen LogP contribution in [0.3, 0.4) is 0 Å². The first-order chi connectivity index (χ1) is 7.46. The third kappa shape index (κ3) is 1.65. The summed E-state index contributed by atoms with van der Waals surface area (Å²) in [5.74, 6) is 0. The van der Waals surface area contributed by atoms with E-state index in [1.165, 1.54) is 12.8 Å². The van der Waals surface area contributed by atoms with Gasteiger partial charge in [-0.25, -0.2) is 0 Å². The minimum atomic E-state index is -0.821. The van der Waals surface area contributed by atoms with Crippen molar-refractivity contribution >= 4 is 0 Å². The lowest BCUT2D eigenvalue weighted by atomic mass is 9.71. The van der Waals surface area contributed by atoms with E-state index in [-0.39, 0.29) is 0 Å². The van der Waals surface area contributed by atoms with Crippen LogP contribution >= 0.6 is 0 Å². The summed E-state index contributed by atoms with van der Waals surface area (Å²) in [4.78, 5) is 2.39. The van der Waals surface area contributed by atoms with E-state index in [1.807, 2.05) is 13.8 Å². The Bertz CT molecular complexity index is 320. The Labute approximate surface area is 98.1 Å². The molecule has 2 fully saturated rings. The highest BCUT2D eigenvalue weighted by Crippen LogP contribution is 2.46. The van der Waals surface area contributed by atoms with Gasteiger partial charge in [-0.1, -0.05) is 6.92 Å². The van der Waals surface area contributed by atoms with Crippen molar-refractivity contribution < 1.29 is 5.11 Å². The maximum atomic E-state index is 10.8. The molecule has 0 aromatic rings. The molecule has 0 bridgehead atoms. The zero-order chi connectivity index (χ0) is 12.0. The average Bonchev–Trinajstić information content (AvgIpc) is 3.04. The van der Waals surface area contributed by atoms with Gasteiger partial charge >= 0.3 is 0 Å². The van der Waals surface area contributed by atoms with E-state index in [2.05, 4.69) is 17.9 Å². The molecule has 1 heterocycles. The van der Waals surface area contributed by atoms with Crippen molar-refractivity contribution in [3.8, 4) is 6.07 Å². The molecule has 0 amide bonds. The monoisotopic (exact) mass is 222 g/mol. The van der Waals surface area contributed by atoms with Gasteiger partial charge in [-0.3, -0.25) is 4.90 Å². The van der Waals surface area contributed by atoms with Crippen LogP contribution in [0.2, 0.25) is 0 Å². The molecular weight excluding hydrogens is 200 g/mol. The van der Waals surface area contributed by atoms with Gasteiger partial charge in [-0.2, -0.15) is 5.26 Å². The van der Waals surface area contributed by atoms with E-state index in [4.69, 9.17) is 0 Å². The zero-order valence-corrected chi connectivity index (χ0v) is 10.5. The van der Waals surface area contributed by atoms with Crippen molar-refractivity contribution in [1.29, 1.82) is 5.26 Å². The van der Waals surface area contributed by atoms with Crippen LogP contribution in [-0.2, 0) is 0 Å². The lowest BCUT2D eigenvalue weighted by molar-refractivity contribution is -0.0398. The van der Waals surface area contributed by atoms with E-state index in [0.29, 0.717) is 25.0 Å². The van der Waals surface area contributed by atoms with E-state index in [9.17, 15) is 10.4 Å². The molecule has 0 aromatic carbocycles. The molecule has 1 aliphatic carbocycles. The van der Waals surface area contributed by atoms with Crippen LogP contribution < -0.4 is 0 Å². The molecule has 2 rings (SSSR count). The summed E-state index contributed by atoms with van der Waals surface area (Å²) >= 11 is 0. The molecule has 16 heavy (non-hydrogen) atoms. The normalized spacial score (nSPS) is 39.3. The van der Waals surface area contributed by atoms with E-state index in [0.717, 1.165) is 6.42 Å². The number of rotatable bonds is 3. The SMILES string of the molecule is CCC(C)(C#N)C1(O)CC(C)N(C2CC2)C1. The number of nitriles is 1. The highest BCUT2D eigenvalue weighted by atomic mass is 16.3. The van der Waals surface area contributed by atoms with Crippen LogP contribution in [0.15, 0.2) is 0 Å². The van der Waals surface area contributed by atoms with Crippen molar-refractivity contribution in [2.75, 3.05) is 6.54 Å². The molecule has 0 radical (unpaired) electrons. The fourth-order valence-corrected chi connectivity index (χ4v) is 2.94. The molecule has 1 aliphatic heterocycles. The highest BCUT2D eigenvalue weighted by molar-refractivity contribution is 5.14. The van der Waals surface area contributed by atoms with Gasteiger partial charge in [0.15, 0.2) is 0 Å². The van der Waals surface area contributed by atoms with Crippen LogP contribution in [0.5, 0.6) is 0 Å². The zero-order valence-electron chi connectivity index (χ0n) is 10.5. The second kappa shape index (κ2) is 3.72. The third-order valence-electron chi connectivity index (χ3n) is 4.64. The van der Waals surface area contributed by atoms with Crippen LogP contribution in [0.4, 0.5) is 0 Å². The Hall–Kier alpha value is -0.590. The molecule has 3 heteroatoms. The predicted molar refractivity (Wildman–Crippen MR) is 62.8 cm³/mol. The Kier molecular flexibility index (Phi) is 2.76. The fourth-order valence-electron chi connectivity index (χ4n) is 2.94. The molecule has 2 aliphatic rings.